The summed E-state index contributed by atoms with van der Waals surface area (Å²) in [5.74, 6) is -1.18. The fourth-order valence-electron chi connectivity index (χ4n) is 0.419. The fourth-order valence-corrected chi connectivity index (χ4v) is 0.419. The zero-order valence-corrected chi connectivity index (χ0v) is 4.99. The number of ether oxygens (including phenoxy) is 1. The first-order chi connectivity index (χ1) is 4.79. The predicted molar refractivity (Wildman–Crippen MR) is 29.3 cm³/mol. The van der Waals surface area contributed by atoms with Crippen molar-refractivity contribution in [2.45, 2.75) is 0 Å². The number of carbonyl (C=O) groups is 2. The van der Waals surface area contributed by atoms with E-state index in [0.717, 1.165) is 12.2 Å². The number of carbonyl (C=O) groups excluding carboxylic acids is 2. The van der Waals surface area contributed by atoms with E-state index in [-0.39, 0.29) is 6.73 Å². The summed E-state index contributed by atoms with van der Waals surface area (Å²) in [5.41, 5.74) is 2.12. The predicted octanol–water partition coefficient (Wildman–Crippen LogP) is -0.895. The van der Waals surface area contributed by atoms with Gasteiger partial charge in [0.2, 0.25) is 0 Å². The Kier molecular flexibility index (Phi) is 2.01. The Bertz CT molecular complexity index is 166. The van der Waals surface area contributed by atoms with Crippen LogP contribution in [0.25, 0.3) is 0 Å². The van der Waals surface area contributed by atoms with Crippen LogP contribution in [-0.2, 0) is 19.2 Å². The van der Waals surface area contributed by atoms with E-state index in [1.54, 1.807) is 0 Å². The molecule has 0 bridgehead atoms. The molecule has 1 aliphatic rings. The molecule has 1 rings (SSSR count). The third-order valence-electron chi connectivity index (χ3n) is 0.802. The maximum Gasteiger partial charge on any atom is 0.349 e. The molecule has 0 spiro atoms. The highest BCUT2D eigenvalue weighted by Crippen LogP contribution is 1.86. The number of nitrogens with one attached hydrogen (secondary N) is 1. The number of rotatable bonds is 0. The Hall–Kier alpha value is -1.36. The van der Waals surface area contributed by atoms with Gasteiger partial charge >= 0.3 is 11.9 Å². The standard InChI is InChI=1S/C5H5NO4/c7-4-1-2-5(8)10-6-3-9-4/h1-2,6H,3H2/b2-1-. The van der Waals surface area contributed by atoms with E-state index in [4.69, 9.17) is 0 Å². The second-order valence-electron chi connectivity index (χ2n) is 1.51. The van der Waals surface area contributed by atoms with E-state index in [1.165, 1.54) is 0 Å². The number of hydrogen-bond acceptors (Lipinski definition) is 5. The quantitative estimate of drug-likeness (QED) is 0.445. The van der Waals surface area contributed by atoms with Gasteiger partial charge in [-0.15, -0.1) is 5.48 Å². The molecule has 0 aromatic heterocycles. The molecule has 10 heavy (non-hydrogen) atoms. The van der Waals surface area contributed by atoms with E-state index in [1.807, 2.05) is 0 Å². The largest absolute Gasteiger partial charge is 0.444 e. The Morgan fingerprint density at radius 1 is 1.30 bits per heavy atom. The molecular weight excluding hydrogens is 138 g/mol. The van der Waals surface area contributed by atoms with Crippen LogP contribution in [-0.4, -0.2) is 18.7 Å². The monoisotopic (exact) mass is 143 g/mol. The van der Waals surface area contributed by atoms with Gasteiger partial charge in [0, 0.05) is 12.2 Å². The molecule has 0 radical (unpaired) electrons. The van der Waals surface area contributed by atoms with Crippen LogP contribution < -0.4 is 5.48 Å². The summed E-state index contributed by atoms with van der Waals surface area (Å²) in [6.07, 6.45) is 1.98. The number of hydrogen-bond donors (Lipinski definition) is 1. The van der Waals surface area contributed by atoms with Crippen molar-refractivity contribution < 1.29 is 19.2 Å². The lowest BCUT2D eigenvalue weighted by atomic mass is 10.5. The van der Waals surface area contributed by atoms with Gasteiger partial charge < -0.3 is 9.57 Å². The molecule has 54 valence electrons. The van der Waals surface area contributed by atoms with Crippen molar-refractivity contribution in [2.75, 3.05) is 6.73 Å². The molecule has 0 aliphatic carbocycles. The number of cyclic esters (lactones) is 1. The molecule has 5 nitrogen and oxygen atoms in total. The van der Waals surface area contributed by atoms with Crippen LogP contribution in [0.3, 0.4) is 0 Å². The lowest BCUT2D eigenvalue weighted by Gasteiger charge is -2.05. The average molecular weight is 143 g/mol. The summed E-state index contributed by atoms with van der Waals surface area (Å²) in [4.78, 5) is 25.1. The third-order valence-corrected chi connectivity index (χ3v) is 0.802. The highest BCUT2D eigenvalue weighted by atomic mass is 16.7. The van der Waals surface area contributed by atoms with Crippen LogP contribution in [0.5, 0.6) is 0 Å². The minimum absolute atomic E-state index is 0.116. The minimum Gasteiger partial charge on any atom is -0.444 e. The minimum atomic E-state index is -0.614. The van der Waals surface area contributed by atoms with E-state index in [9.17, 15) is 9.59 Å². The van der Waals surface area contributed by atoms with Crippen LogP contribution in [0.1, 0.15) is 0 Å². The van der Waals surface area contributed by atoms with E-state index in [2.05, 4.69) is 15.1 Å². The lowest BCUT2D eigenvalue weighted by molar-refractivity contribution is -0.157. The molecule has 0 atom stereocenters. The molecule has 0 saturated carbocycles. The summed E-state index contributed by atoms with van der Waals surface area (Å²) < 4.78 is 4.42. The topological polar surface area (TPSA) is 64.6 Å². The second kappa shape index (κ2) is 2.98. The average Bonchev–Trinajstić information content (AvgIpc) is 1.90. The van der Waals surface area contributed by atoms with Crippen molar-refractivity contribution in [3.8, 4) is 0 Å². The summed E-state index contributed by atoms with van der Waals surface area (Å²) in [5, 5.41) is 0. The van der Waals surface area contributed by atoms with Crippen molar-refractivity contribution in [3.63, 3.8) is 0 Å². The van der Waals surface area contributed by atoms with E-state index >= 15 is 0 Å². The molecule has 1 aliphatic heterocycles. The lowest BCUT2D eigenvalue weighted by Crippen LogP contribution is -2.25. The Morgan fingerprint density at radius 3 is 2.80 bits per heavy atom. The van der Waals surface area contributed by atoms with Crippen molar-refractivity contribution >= 4 is 11.9 Å². The summed E-state index contributed by atoms with van der Waals surface area (Å²) in [6.45, 7) is -0.116. The molecule has 0 saturated heterocycles. The van der Waals surface area contributed by atoms with Gasteiger partial charge in [-0.3, -0.25) is 0 Å². The first-order valence-electron chi connectivity index (χ1n) is 2.57. The van der Waals surface area contributed by atoms with Gasteiger partial charge in [-0.1, -0.05) is 0 Å². The van der Waals surface area contributed by atoms with Crippen LogP contribution in [0.15, 0.2) is 12.2 Å². The van der Waals surface area contributed by atoms with Gasteiger partial charge in [0.25, 0.3) is 0 Å². The number of hydroxylamine groups is 1. The smallest absolute Gasteiger partial charge is 0.349 e. The SMILES string of the molecule is O=C1/C=C\C(=O)ONCO1. The summed E-state index contributed by atoms with van der Waals surface area (Å²) >= 11 is 0. The zero-order valence-electron chi connectivity index (χ0n) is 4.99. The molecular formula is C5H5NO4. The molecule has 1 N–H and O–H groups in total. The van der Waals surface area contributed by atoms with Crippen LogP contribution in [0.2, 0.25) is 0 Å². The van der Waals surface area contributed by atoms with Crippen LogP contribution in [0, 0.1) is 0 Å². The normalized spacial score (nSPS) is 22.0. The highest BCUT2D eigenvalue weighted by Gasteiger charge is 2.04. The molecule has 5 heteroatoms. The summed E-state index contributed by atoms with van der Waals surface area (Å²) in [7, 11) is 0. The van der Waals surface area contributed by atoms with Crippen molar-refractivity contribution in [3.05, 3.63) is 12.2 Å². The van der Waals surface area contributed by atoms with Crippen molar-refractivity contribution in [2.24, 2.45) is 0 Å². The van der Waals surface area contributed by atoms with Gasteiger partial charge in [-0.05, 0) is 0 Å². The molecule has 0 fully saturated rings. The first kappa shape index (κ1) is 6.76. The Balaban J connectivity index is 2.58. The van der Waals surface area contributed by atoms with E-state index < -0.39 is 11.9 Å². The highest BCUT2D eigenvalue weighted by molar-refractivity contribution is 5.91. The first-order valence-corrected chi connectivity index (χ1v) is 2.57. The van der Waals surface area contributed by atoms with Crippen molar-refractivity contribution in [1.82, 2.24) is 5.48 Å². The number of esters is 1. The second-order valence-corrected chi connectivity index (χ2v) is 1.51. The maximum absolute atomic E-state index is 10.4. The molecule has 0 unspecified atom stereocenters. The van der Waals surface area contributed by atoms with Gasteiger partial charge in [0.15, 0.2) is 6.73 Å². The molecule has 0 aromatic carbocycles. The summed E-state index contributed by atoms with van der Waals surface area (Å²) in [6, 6.07) is 0. The van der Waals surface area contributed by atoms with E-state index in [0.29, 0.717) is 0 Å². The van der Waals surface area contributed by atoms with Crippen LogP contribution in [0.4, 0.5) is 0 Å². The third kappa shape index (κ3) is 1.87. The Labute approximate surface area is 56.6 Å². The zero-order chi connectivity index (χ0) is 7.40. The van der Waals surface area contributed by atoms with Gasteiger partial charge in [-0.2, -0.15) is 0 Å². The Morgan fingerprint density at radius 2 is 2.00 bits per heavy atom. The molecule has 0 aromatic rings. The maximum atomic E-state index is 10.4. The van der Waals surface area contributed by atoms with Gasteiger partial charge in [0.1, 0.15) is 0 Å². The van der Waals surface area contributed by atoms with Crippen molar-refractivity contribution in [1.29, 1.82) is 0 Å². The molecule has 1 heterocycles. The van der Waals surface area contributed by atoms with Gasteiger partial charge in [0.05, 0.1) is 0 Å². The van der Waals surface area contributed by atoms with Gasteiger partial charge in [-0.25, -0.2) is 9.59 Å². The van der Waals surface area contributed by atoms with Crippen LogP contribution >= 0.6 is 0 Å². The fraction of sp³-hybridized carbons (Fsp3) is 0.200. The molecule has 0 amide bonds.